The van der Waals surface area contributed by atoms with E-state index in [9.17, 15) is 4.79 Å². The summed E-state index contributed by atoms with van der Waals surface area (Å²) < 4.78 is 0. The molecule has 0 amide bonds. The van der Waals surface area contributed by atoms with Gasteiger partial charge in [-0.1, -0.05) is 36.8 Å². The zero-order chi connectivity index (χ0) is 14.4. The molecule has 0 spiro atoms. The van der Waals surface area contributed by atoms with E-state index in [0.29, 0.717) is 18.9 Å². The van der Waals surface area contributed by atoms with Gasteiger partial charge in [0.15, 0.2) is 5.78 Å². The van der Waals surface area contributed by atoms with Crippen LogP contribution in [0, 0.1) is 12.8 Å². The highest BCUT2D eigenvalue weighted by atomic mass is 16.1. The molecule has 1 N–H and O–H groups in total. The Hall–Kier alpha value is -1.19. The monoisotopic (exact) mass is 274 g/mol. The van der Waals surface area contributed by atoms with Gasteiger partial charge in [0.2, 0.25) is 0 Å². The Labute approximate surface area is 122 Å². The summed E-state index contributed by atoms with van der Waals surface area (Å²) in [4.78, 5) is 14.2. The molecule has 20 heavy (non-hydrogen) atoms. The first-order valence-electron chi connectivity index (χ1n) is 7.64. The van der Waals surface area contributed by atoms with Crippen molar-refractivity contribution in [1.29, 1.82) is 0 Å². The third-order valence-electron chi connectivity index (χ3n) is 4.01. The Bertz CT molecular complexity index is 436. The molecule has 0 radical (unpaired) electrons. The summed E-state index contributed by atoms with van der Waals surface area (Å²) in [6.45, 7) is 8.38. The number of nitrogens with zero attached hydrogens (tertiary/aromatic N) is 1. The maximum atomic E-state index is 11.9. The zero-order valence-electron chi connectivity index (χ0n) is 12.7. The molecule has 0 atom stereocenters. The minimum Gasteiger partial charge on any atom is -0.306 e. The van der Waals surface area contributed by atoms with Crippen molar-refractivity contribution < 1.29 is 4.79 Å². The van der Waals surface area contributed by atoms with E-state index in [-0.39, 0.29) is 0 Å². The number of carbonyl (C=O) groups excluding carboxylic acids is 1. The second-order valence-electron chi connectivity index (χ2n) is 6.09. The SMILES string of the molecule is Cc1cccc(CNCC(=O)CN2CCC(C)CC2)c1. The normalized spacial score (nSPS) is 17.3. The van der Waals surface area contributed by atoms with Crippen molar-refractivity contribution in [3.05, 3.63) is 35.4 Å². The molecule has 1 heterocycles. The van der Waals surface area contributed by atoms with Crippen LogP contribution in [0.15, 0.2) is 24.3 Å². The largest absolute Gasteiger partial charge is 0.306 e. The van der Waals surface area contributed by atoms with Gasteiger partial charge in [-0.05, 0) is 44.3 Å². The minimum absolute atomic E-state index is 0.298. The van der Waals surface area contributed by atoms with Crippen molar-refractivity contribution in [2.45, 2.75) is 33.2 Å². The average molecular weight is 274 g/mol. The molecule has 1 aromatic rings. The fraction of sp³-hybridized carbons (Fsp3) is 0.588. The van der Waals surface area contributed by atoms with Crippen LogP contribution in [-0.2, 0) is 11.3 Å². The van der Waals surface area contributed by atoms with Crippen molar-refractivity contribution >= 4 is 5.78 Å². The van der Waals surface area contributed by atoms with Crippen LogP contribution in [0.2, 0.25) is 0 Å². The lowest BCUT2D eigenvalue weighted by atomic mass is 9.99. The van der Waals surface area contributed by atoms with E-state index in [4.69, 9.17) is 0 Å². The van der Waals surface area contributed by atoms with Crippen molar-refractivity contribution in [2.24, 2.45) is 5.92 Å². The molecule has 0 unspecified atom stereocenters. The lowest BCUT2D eigenvalue weighted by molar-refractivity contribution is -0.119. The Kier molecular flexibility index (Phi) is 5.74. The number of hydrogen-bond donors (Lipinski definition) is 1. The molecular weight excluding hydrogens is 248 g/mol. The topological polar surface area (TPSA) is 32.3 Å². The van der Waals surface area contributed by atoms with Crippen LogP contribution in [0.4, 0.5) is 0 Å². The first kappa shape index (κ1) is 15.2. The first-order chi connectivity index (χ1) is 9.63. The fourth-order valence-electron chi connectivity index (χ4n) is 2.69. The number of hydrogen-bond acceptors (Lipinski definition) is 3. The smallest absolute Gasteiger partial charge is 0.160 e. The van der Waals surface area contributed by atoms with Gasteiger partial charge in [0.1, 0.15) is 0 Å². The molecule has 3 heteroatoms. The lowest BCUT2D eigenvalue weighted by Crippen LogP contribution is -2.39. The van der Waals surface area contributed by atoms with E-state index < -0.39 is 0 Å². The van der Waals surface area contributed by atoms with Gasteiger partial charge >= 0.3 is 0 Å². The summed E-state index contributed by atoms with van der Waals surface area (Å²) in [5.41, 5.74) is 2.50. The van der Waals surface area contributed by atoms with Crippen LogP contribution in [0.3, 0.4) is 0 Å². The number of ketones is 1. The maximum absolute atomic E-state index is 11.9. The molecule has 0 aliphatic carbocycles. The number of carbonyl (C=O) groups is 1. The third-order valence-corrected chi connectivity index (χ3v) is 4.01. The van der Waals surface area contributed by atoms with E-state index in [1.165, 1.54) is 24.0 Å². The van der Waals surface area contributed by atoms with Crippen LogP contribution in [-0.4, -0.2) is 36.9 Å². The number of rotatable bonds is 6. The highest BCUT2D eigenvalue weighted by Gasteiger charge is 2.17. The average Bonchev–Trinajstić information content (AvgIpc) is 2.41. The fourth-order valence-corrected chi connectivity index (χ4v) is 2.69. The molecule has 2 rings (SSSR count). The predicted molar refractivity (Wildman–Crippen MR) is 82.7 cm³/mol. The first-order valence-corrected chi connectivity index (χ1v) is 7.64. The summed E-state index contributed by atoms with van der Waals surface area (Å²) >= 11 is 0. The van der Waals surface area contributed by atoms with E-state index in [0.717, 1.165) is 25.6 Å². The van der Waals surface area contributed by atoms with Crippen LogP contribution in [0.1, 0.15) is 30.9 Å². The molecule has 0 bridgehead atoms. The van der Waals surface area contributed by atoms with Crippen molar-refractivity contribution in [1.82, 2.24) is 10.2 Å². The van der Waals surface area contributed by atoms with Crippen LogP contribution in [0.25, 0.3) is 0 Å². The molecule has 1 aromatic carbocycles. The number of nitrogens with one attached hydrogen (secondary N) is 1. The summed E-state index contributed by atoms with van der Waals surface area (Å²) in [5.74, 6) is 1.12. The number of Topliss-reactive ketones (excluding diaryl/α,β-unsaturated/α-hetero) is 1. The Morgan fingerprint density at radius 1 is 1.35 bits per heavy atom. The predicted octanol–water partition coefficient (Wildman–Crippen LogP) is 2.39. The van der Waals surface area contributed by atoms with Gasteiger partial charge in [-0.2, -0.15) is 0 Å². The molecule has 1 aliphatic heterocycles. The van der Waals surface area contributed by atoms with E-state index in [1.807, 2.05) is 0 Å². The quantitative estimate of drug-likeness (QED) is 0.864. The lowest BCUT2D eigenvalue weighted by Gasteiger charge is -2.29. The standard InChI is InChI=1S/C17H26N2O/c1-14-6-8-19(9-7-14)13-17(20)12-18-11-16-5-3-4-15(2)10-16/h3-5,10,14,18H,6-9,11-13H2,1-2H3. The van der Waals surface area contributed by atoms with Crippen molar-refractivity contribution in [2.75, 3.05) is 26.2 Å². The Morgan fingerprint density at radius 2 is 2.10 bits per heavy atom. The van der Waals surface area contributed by atoms with E-state index >= 15 is 0 Å². The zero-order valence-corrected chi connectivity index (χ0v) is 12.7. The summed E-state index contributed by atoms with van der Waals surface area (Å²) in [5, 5.41) is 3.25. The van der Waals surface area contributed by atoms with E-state index in [1.54, 1.807) is 0 Å². The van der Waals surface area contributed by atoms with Gasteiger partial charge in [-0.25, -0.2) is 0 Å². The van der Waals surface area contributed by atoms with Gasteiger partial charge in [0.25, 0.3) is 0 Å². The van der Waals surface area contributed by atoms with Gasteiger partial charge in [0.05, 0.1) is 13.1 Å². The van der Waals surface area contributed by atoms with Crippen molar-refractivity contribution in [3.63, 3.8) is 0 Å². The highest BCUT2D eigenvalue weighted by molar-refractivity contribution is 5.82. The highest BCUT2D eigenvalue weighted by Crippen LogP contribution is 2.15. The summed E-state index contributed by atoms with van der Waals surface area (Å²) in [6, 6.07) is 8.40. The van der Waals surface area contributed by atoms with Gasteiger partial charge < -0.3 is 5.32 Å². The molecular formula is C17H26N2O. The molecule has 0 aromatic heterocycles. The van der Waals surface area contributed by atoms with Crippen LogP contribution >= 0.6 is 0 Å². The van der Waals surface area contributed by atoms with Crippen LogP contribution in [0.5, 0.6) is 0 Å². The number of aryl methyl sites for hydroxylation is 1. The van der Waals surface area contributed by atoms with Crippen molar-refractivity contribution in [3.8, 4) is 0 Å². The number of benzene rings is 1. The minimum atomic E-state index is 0.298. The van der Waals surface area contributed by atoms with Crippen LogP contribution < -0.4 is 5.32 Å². The van der Waals surface area contributed by atoms with E-state index in [2.05, 4.69) is 48.3 Å². The molecule has 1 fully saturated rings. The molecule has 1 saturated heterocycles. The maximum Gasteiger partial charge on any atom is 0.160 e. The second-order valence-corrected chi connectivity index (χ2v) is 6.09. The number of piperidine rings is 1. The Balaban J connectivity index is 1.65. The summed E-state index contributed by atoms with van der Waals surface area (Å²) in [6.07, 6.45) is 2.45. The van der Waals surface area contributed by atoms with Gasteiger partial charge in [0, 0.05) is 6.54 Å². The molecule has 0 saturated carbocycles. The molecule has 110 valence electrons. The van der Waals surface area contributed by atoms with Gasteiger partial charge in [-0.15, -0.1) is 0 Å². The Morgan fingerprint density at radius 3 is 2.80 bits per heavy atom. The molecule has 1 aliphatic rings. The third kappa shape index (κ3) is 5.06. The van der Waals surface area contributed by atoms with Gasteiger partial charge in [-0.3, -0.25) is 9.69 Å². The molecule has 3 nitrogen and oxygen atoms in total. The summed E-state index contributed by atoms with van der Waals surface area (Å²) in [7, 11) is 0. The second kappa shape index (κ2) is 7.55. The number of likely N-dealkylation sites (tertiary alicyclic amines) is 1.